The number of carbonyl (C=O) groups is 1. The molecule has 0 spiro atoms. The zero-order valence-electron chi connectivity index (χ0n) is 11.7. The van der Waals surface area contributed by atoms with Crippen LogP contribution in [0.5, 0.6) is 0 Å². The van der Waals surface area contributed by atoms with E-state index in [-0.39, 0.29) is 6.03 Å². The minimum Gasteiger partial charge on any atom is -0.381 e. The molecule has 1 fully saturated rings. The van der Waals surface area contributed by atoms with Gasteiger partial charge in [-0.05, 0) is 42.9 Å². The van der Waals surface area contributed by atoms with Gasteiger partial charge in [0.1, 0.15) is 0 Å². The maximum Gasteiger partial charge on any atom is 0.319 e. The van der Waals surface area contributed by atoms with Crippen LogP contribution < -0.4 is 16.4 Å². The van der Waals surface area contributed by atoms with Crippen LogP contribution >= 0.6 is 0 Å². The van der Waals surface area contributed by atoms with Crippen molar-refractivity contribution in [3.05, 3.63) is 29.8 Å². The van der Waals surface area contributed by atoms with Crippen LogP contribution in [0.2, 0.25) is 0 Å². The summed E-state index contributed by atoms with van der Waals surface area (Å²) in [4.78, 5) is 11.7. The number of nitrogens with one attached hydrogen (secondary N) is 2. The van der Waals surface area contributed by atoms with Gasteiger partial charge in [-0.3, -0.25) is 0 Å². The molecule has 5 heteroatoms. The SMILES string of the molecule is NCc1ccc(NC(=O)NCCC2CCOCC2)cc1. The number of anilines is 1. The van der Waals surface area contributed by atoms with Gasteiger partial charge in [-0.25, -0.2) is 4.79 Å². The second-order valence-electron chi connectivity index (χ2n) is 5.13. The van der Waals surface area contributed by atoms with Crippen LogP contribution in [0, 0.1) is 5.92 Å². The molecule has 4 N–H and O–H groups in total. The molecular weight excluding hydrogens is 254 g/mol. The van der Waals surface area contributed by atoms with Crippen molar-refractivity contribution in [3.63, 3.8) is 0 Å². The van der Waals surface area contributed by atoms with Crippen molar-refractivity contribution in [1.29, 1.82) is 0 Å². The van der Waals surface area contributed by atoms with Crippen LogP contribution in [0.3, 0.4) is 0 Å². The Morgan fingerprint density at radius 3 is 2.60 bits per heavy atom. The molecule has 1 aliphatic heterocycles. The number of hydrogen-bond acceptors (Lipinski definition) is 3. The normalized spacial score (nSPS) is 15.8. The summed E-state index contributed by atoms with van der Waals surface area (Å²) in [6.07, 6.45) is 3.22. The highest BCUT2D eigenvalue weighted by molar-refractivity contribution is 5.89. The lowest BCUT2D eigenvalue weighted by molar-refractivity contribution is 0.0642. The molecule has 0 bridgehead atoms. The van der Waals surface area contributed by atoms with E-state index < -0.39 is 0 Å². The van der Waals surface area contributed by atoms with E-state index in [9.17, 15) is 4.79 Å². The third-order valence-corrected chi connectivity index (χ3v) is 3.63. The molecule has 0 unspecified atom stereocenters. The predicted molar refractivity (Wildman–Crippen MR) is 79.5 cm³/mol. The zero-order chi connectivity index (χ0) is 14.2. The molecule has 20 heavy (non-hydrogen) atoms. The van der Waals surface area contributed by atoms with E-state index in [1.165, 1.54) is 0 Å². The molecule has 110 valence electrons. The second kappa shape index (κ2) is 7.87. The van der Waals surface area contributed by atoms with Gasteiger partial charge >= 0.3 is 6.03 Å². The Labute approximate surface area is 119 Å². The van der Waals surface area contributed by atoms with E-state index >= 15 is 0 Å². The number of carbonyl (C=O) groups excluding carboxylic acids is 1. The zero-order valence-corrected chi connectivity index (χ0v) is 11.7. The highest BCUT2D eigenvalue weighted by Gasteiger charge is 2.13. The third kappa shape index (κ3) is 4.83. The molecule has 2 amide bonds. The molecule has 0 radical (unpaired) electrons. The maximum absolute atomic E-state index is 11.7. The van der Waals surface area contributed by atoms with E-state index in [1.807, 2.05) is 24.3 Å². The number of nitrogens with two attached hydrogens (primary N) is 1. The van der Waals surface area contributed by atoms with Gasteiger partial charge in [0.15, 0.2) is 0 Å². The van der Waals surface area contributed by atoms with Crippen molar-refractivity contribution >= 4 is 11.7 Å². The smallest absolute Gasteiger partial charge is 0.319 e. The van der Waals surface area contributed by atoms with Gasteiger partial charge in [0.05, 0.1) is 0 Å². The molecule has 1 aromatic carbocycles. The summed E-state index contributed by atoms with van der Waals surface area (Å²) in [5, 5.41) is 5.71. The van der Waals surface area contributed by atoms with Crippen molar-refractivity contribution in [2.75, 3.05) is 25.1 Å². The number of hydrogen-bond donors (Lipinski definition) is 3. The van der Waals surface area contributed by atoms with Gasteiger partial charge in [0, 0.05) is 32.0 Å². The van der Waals surface area contributed by atoms with Crippen molar-refractivity contribution in [2.24, 2.45) is 11.7 Å². The number of rotatable bonds is 5. The Morgan fingerprint density at radius 1 is 1.25 bits per heavy atom. The highest BCUT2D eigenvalue weighted by Crippen LogP contribution is 2.17. The molecule has 1 heterocycles. The summed E-state index contributed by atoms with van der Waals surface area (Å²) in [5.74, 6) is 0.674. The fourth-order valence-electron chi connectivity index (χ4n) is 2.32. The van der Waals surface area contributed by atoms with Crippen molar-refractivity contribution in [3.8, 4) is 0 Å². The first-order valence-electron chi connectivity index (χ1n) is 7.19. The van der Waals surface area contributed by atoms with Crippen molar-refractivity contribution in [2.45, 2.75) is 25.8 Å². The number of ether oxygens (including phenoxy) is 1. The van der Waals surface area contributed by atoms with Gasteiger partial charge in [-0.15, -0.1) is 0 Å². The monoisotopic (exact) mass is 277 g/mol. The molecule has 1 saturated heterocycles. The Bertz CT molecular complexity index is 414. The highest BCUT2D eigenvalue weighted by atomic mass is 16.5. The van der Waals surface area contributed by atoms with Crippen molar-refractivity contribution in [1.82, 2.24) is 5.32 Å². The summed E-state index contributed by atoms with van der Waals surface area (Å²) in [6, 6.07) is 7.40. The molecule has 0 aromatic heterocycles. The molecule has 2 rings (SSSR count). The lowest BCUT2D eigenvalue weighted by Crippen LogP contribution is -2.31. The first-order valence-corrected chi connectivity index (χ1v) is 7.19. The van der Waals surface area contributed by atoms with E-state index in [0.717, 1.165) is 43.7 Å². The molecule has 1 aliphatic rings. The van der Waals surface area contributed by atoms with Crippen LogP contribution in [0.1, 0.15) is 24.8 Å². The first-order chi connectivity index (χ1) is 9.78. The van der Waals surface area contributed by atoms with Gasteiger partial charge in [-0.1, -0.05) is 12.1 Å². The summed E-state index contributed by atoms with van der Waals surface area (Å²) in [6.45, 7) is 2.92. The van der Waals surface area contributed by atoms with Crippen LogP contribution in [-0.4, -0.2) is 25.8 Å². The Kier molecular flexibility index (Phi) is 5.83. The first kappa shape index (κ1) is 14.8. The van der Waals surface area contributed by atoms with Gasteiger partial charge in [-0.2, -0.15) is 0 Å². The minimum absolute atomic E-state index is 0.155. The Morgan fingerprint density at radius 2 is 1.95 bits per heavy atom. The van der Waals surface area contributed by atoms with Gasteiger partial charge < -0.3 is 21.1 Å². The summed E-state index contributed by atoms with van der Waals surface area (Å²) in [7, 11) is 0. The van der Waals surface area contributed by atoms with E-state index in [0.29, 0.717) is 19.0 Å². The topological polar surface area (TPSA) is 76.4 Å². The average Bonchev–Trinajstić information content (AvgIpc) is 2.49. The maximum atomic E-state index is 11.7. The fraction of sp³-hybridized carbons (Fsp3) is 0.533. The number of amides is 2. The summed E-state index contributed by atoms with van der Waals surface area (Å²) < 4.78 is 5.32. The molecule has 1 aromatic rings. The largest absolute Gasteiger partial charge is 0.381 e. The third-order valence-electron chi connectivity index (χ3n) is 3.63. The quantitative estimate of drug-likeness (QED) is 0.771. The summed E-state index contributed by atoms with van der Waals surface area (Å²) >= 11 is 0. The number of urea groups is 1. The standard InChI is InChI=1S/C15H23N3O2/c16-11-13-1-3-14(4-2-13)18-15(19)17-8-5-12-6-9-20-10-7-12/h1-4,12H,5-11,16H2,(H2,17,18,19). The van der Waals surface area contributed by atoms with Crippen molar-refractivity contribution < 1.29 is 9.53 Å². The lowest BCUT2D eigenvalue weighted by Gasteiger charge is -2.21. The Balaban J connectivity index is 1.66. The van der Waals surface area contributed by atoms with Crippen LogP contribution in [0.25, 0.3) is 0 Å². The van der Waals surface area contributed by atoms with E-state index in [2.05, 4.69) is 10.6 Å². The molecule has 0 aliphatic carbocycles. The van der Waals surface area contributed by atoms with Gasteiger partial charge in [0.25, 0.3) is 0 Å². The minimum atomic E-state index is -0.155. The van der Waals surface area contributed by atoms with Gasteiger partial charge in [0.2, 0.25) is 0 Å². The lowest BCUT2D eigenvalue weighted by atomic mass is 9.97. The Hall–Kier alpha value is -1.59. The van der Waals surface area contributed by atoms with Crippen LogP contribution in [0.4, 0.5) is 10.5 Å². The molecule has 5 nitrogen and oxygen atoms in total. The van der Waals surface area contributed by atoms with Crippen LogP contribution in [0.15, 0.2) is 24.3 Å². The predicted octanol–water partition coefficient (Wildman–Crippen LogP) is 2.08. The summed E-state index contributed by atoms with van der Waals surface area (Å²) in [5.41, 5.74) is 7.36. The van der Waals surface area contributed by atoms with E-state index in [4.69, 9.17) is 10.5 Å². The van der Waals surface area contributed by atoms with Crippen LogP contribution in [-0.2, 0) is 11.3 Å². The number of benzene rings is 1. The second-order valence-corrected chi connectivity index (χ2v) is 5.13. The van der Waals surface area contributed by atoms with E-state index in [1.54, 1.807) is 0 Å². The fourth-order valence-corrected chi connectivity index (χ4v) is 2.32. The molecular formula is C15H23N3O2. The molecule has 0 saturated carbocycles. The molecule has 0 atom stereocenters. The average molecular weight is 277 g/mol.